The largest absolute Gasteiger partial charge is 0.467 e. The highest BCUT2D eigenvalue weighted by Gasteiger charge is 2.16. The van der Waals surface area contributed by atoms with Crippen LogP contribution in [0.3, 0.4) is 0 Å². The fourth-order valence-corrected chi connectivity index (χ4v) is 3.73. The smallest absolute Gasteiger partial charge is 0.223 e. The van der Waals surface area contributed by atoms with E-state index in [2.05, 4.69) is 31.2 Å². The molecule has 3 rings (SSSR count). The van der Waals surface area contributed by atoms with E-state index >= 15 is 0 Å². The Labute approximate surface area is 152 Å². The normalized spacial score (nSPS) is 10.8. The standard InChI is InChI=1S/C21H23NO2S/c1-17-12-13-20(25-17)16-22(15-19-10-6-14-24-19)21(23)11-5-9-18-7-3-2-4-8-18/h2-4,6-8,10,12-14H,5,9,11,15-16H2,1H3. The molecule has 0 spiro atoms. The number of amides is 1. The number of aryl methyl sites for hydroxylation is 2. The van der Waals surface area contributed by atoms with Crippen LogP contribution in [0.1, 0.15) is 33.9 Å². The lowest BCUT2D eigenvalue weighted by Gasteiger charge is -2.21. The summed E-state index contributed by atoms with van der Waals surface area (Å²) in [5, 5.41) is 0. The highest BCUT2D eigenvalue weighted by Crippen LogP contribution is 2.20. The second-order valence-corrected chi connectivity index (χ2v) is 7.55. The Morgan fingerprint density at radius 2 is 1.88 bits per heavy atom. The number of rotatable bonds is 8. The molecule has 0 aliphatic heterocycles. The maximum atomic E-state index is 12.8. The first-order chi connectivity index (χ1) is 12.2. The van der Waals surface area contributed by atoms with E-state index in [0.717, 1.165) is 18.6 Å². The number of furan rings is 1. The molecular weight excluding hydrogens is 330 g/mol. The molecule has 0 aliphatic carbocycles. The topological polar surface area (TPSA) is 33.5 Å². The second kappa shape index (κ2) is 8.67. The van der Waals surface area contributed by atoms with Crippen molar-refractivity contribution < 1.29 is 9.21 Å². The summed E-state index contributed by atoms with van der Waals surface area (Å²) >= 11 is 1.74. The van der Waals surface area contributed by atoms with Crippen LogP contribution in [0.25, 0.3) is 0 Å². The van der Waals surface area contributed by atoms with Crippen molar-refractivity contribution in [3.8, 4) is 0 Å². The van der Waals surface area contributed by atoms with Crippen molar-refractivity contribution in [2.45, 2.75) is 39.3 Å². The summed E-state index contributed by atoms with van der Waals surface area (Å²) in [7, 11) is 0. The van der Waals surface area contributed by atoms with Crippen molar-refractivity contribution in [2.75, 3.05) is 0 Å². The van der Waals surface area contributed by atoms with Gasteiger partial charge in [-0.3, -0.25) is 4.79 Å². The number of hydrogen-bond donors (Lipinski definition) is 0. The quantitative estimate of drug-likeness (QED) is 0.557. The van der Waals surface area contributed by atoms with Gasteiger partial charge in [-0.15, -0.1) is 11.3 Å². The van der Waals surface area contributed by atoms with Crippen LogP contribution in [-0.4, -0.2) is 10.8 Å². The first kappa shape index (κ1) is 17.5. The van der Waals surface area contributed by atoms with Crippen molar-refractivity contribution in [1.29, 1.82) is 0 Å². The molecule has 0 bridgehead atoms. The molecule has 0 fully saturated rings. The van der Waals surface area contributed by atoms with Gasteiger partial charge in [0.05, 0.1) is 19.4 Å². The van der Waals surface area contributed by atoms with E-state index in [-0.39, 0.29) is 5.91 Å². The van der Waals surface area contributed by atoms with Gasteiger partial charge in [-0.2, -0.15) is 0 Å². The van der Waals surface area contributed by atoms with E-state index in [9.17, 15) is 4.79 Å². The lowest BCUT2D eigenvalue weighted by Crippen LogP contribution is -2.29. The molecule has 1 aromatic carbocycles. The van der Waals surface area contributed by atoms with Gasteiger partial charge < -0.3 is 9.32 Å². The van der Waals surface area contributed by atoms with Crippen LogP contribution in [-0.2, 0) is 24.3 Å². The van der Waals surface area contributed by atoms with Gasteiger partial charge >= 0.3 is 0 Å². The van der Waals surface area contributed by atoms with E-state index < -0.39 is 0 Å². The number of hydrogen-bond acceptors (Lipinski definition) is 3. The molecule has 0 N–H and O–H groups in total. The highest BCUT2D eigenvalue weighted by molar-refractivity contribution is 7.11. The number of benzene rings is 1. The highest BCUT2D eigenvalue weighted by atomic mass is 32.1. The molecule has 3 nitrogen and oxygen atoms in total. The zero-order chi connectivity index (χ0) is 17.5. The molecule has 130 valence electrons. The van der Waals surface area contributed by atoms with Crippen LogP contribution in [0.5, 0.6) is 0 Å². The van der Waals surface area contributed by atoms with Crippen LogP contribution in [0, 0.1) is 6.92 Å². The molecule has 25 heavy (non-hydrogen) atoms. The summed E-state index contributed by atoms with van der Waals surface area (Å²) in [6.45, 7) is 3.25. The summed E-state index contributed by atoms with van der Waals surface area (Å²) in [6.07, 6.45) is 4.00. The first-order valence-corrected chi connectivity index (χ1v) is 9.42. The minimum absolute atomic E-state index is 0.179. The molecule has 2 heterocycles. The Morgan fingerprint density at radius 1 is 1.04 bits per heavy atom. The van der Waals surface area contributed by atoms with Crippen LogP contribution >= 0.6 is 11.3 Å². The maximum absolute atomic E-state index is 12.8. The Balaban J connectivity index is 1.59. The lowest BCUT2D eigenvalue weighted by molar-refractivity contribution is -0.132. The van der Waals surface area contributed by atoms with E-state index in [1.54, 1.807) is 17.6 Å². The molecule has 0 saturated heterocycles. The SMILES string of the molecule is Cc1ccc(CN(Cc2ccco2)C(=O)CCCc2ccccc2)s1. The van der Waals surface area contributed by atoms with Crippen LogP contribution in [0.2, 0.25) is 0 Å². The van der Waals surface area contributed by atoms with Gasteiger partial charge in [0, 0.05) is 16.2 Å². The molecule has 2 aromatic heterocycles. The molecular formula is C21H23NO2S. The van der Waals surface area contributed by atoms with Crippen molar-refractivity contribution >= 4 is 17.2 Å². The fraction of sp³-hybridized carbons (Fsp3) is 0.286. The van der Waals surface area contributed by atoms with Crippen molar-refractivity contribution in [2.24, 2.45) is 0 Å². The minimum Gasteiger partial charge on any atom is -0.467 e. The van der Waals surface area contributed by atoms with E-state index in [4.69, 9.17) is 4.42 Å². The van der Waals surface area contributed by atoms with Crippen molar-refractivity contribution in [3.05, 3.63) is 81.9 Å². The maximum Gasteiger partial charge on any atom is 0.223 e. The predicted molar refractivity (Wildman–Crippen MR) is 101 cm³/mol. The Kier molecular flexibility index (Phi) is 6.07. The zero-order valence-electron chi connectivity index (χ0n) is 14.5. The second-order valence-electron chi connectivity index (χ2n) is 6.18. The molecule has 0 saturated carbocycles. The van der Waals surface area contributed by atoms with Gasteiger partial charge in [-0.1, -0.05) is 30.3 Å². The Bertz CT molecular complexity index is 777. The van der Waals surface area contributed by atoms with Crippen LogP contribution in [0.15, 0.2) is 65.3 Å². The minimum atomic E-state index is 0.179. The van der Waals surface area contributed by atoms with Crippen molar-refractivity contribution in [3.63, 3.8) is 0 Å². The number of carbonyl (C=O) groups excluding carboxylic acids is 1. The molecule has 3 aromatic rings. The molecule has 0 unspecified atom stereocenters. The van der Waals surface area contributed by atoms with Crippen molar-refractivity contribution in [1.82, 2.24) is 4.90 Å². The molecule has 0 radical (unpaired) electrons. The first-order valence-electron chi connectivity index (χ1n) is 8.60. The molecule has 4 heteroatoms. The van der Waals surface area contributed by atoms with Crippen LogP contribution < -0.4 is 0 Å². The summed E-state index contributed by atoms with van der Waals surface area (Å²) in [6, 6.07) is 18.3. The summed E-state index contributed by atoms with van der Waals surface area (Å²) in [5.41, 5.74) is 1.28. The van der Waals surface area contributed by atoms with E-state index in [1.165, 1.54) is 15.3 Å². The van der Waals surface area contributed by atoms with E-state index in [0.29, 0.717) is 19.5 Å². The summed E-state index contributed by atoms with van der Waals surface area (Å²) in [4.78, 5) is 17.1. The number of nitrogens with zero attached hydrogens (tertiary/aromatic N) is 1. The predicted octanol–water partition coefficient (Wildman–Crippen LogP) is 5.20. The van der Waals surface area contributed by atoms with Gasteiger partial charge in [0.2, 0.25) is 5.91 Å². The Hall–Kier alpha value is -2.33. The van der Waals surface area contributed by atoms with Gasteiger partial charge in [-0.25, -0.2) is 0 Å². The third-order valence-electron chi connectivity index (χ3n) is 4.12. The summed E-state index contributed by atoms with van der Waals surface area (Å²) in [5.74, 6) is 1.00. The zero-order valence-corrected chi connectivity index (χ0v) is 15.3. The molecule has 0 atom stereocenters. The summed E-state index contributed by atoms with van der Waals surface area (Å²) < 4.78 is 5.44. The molecule has 0 aliphatic rings. The number of thiophene rings is 1. The van der Waals surface area contributed by atoms with E-state index in [1.807, 2.05) is 35.2 Å². The van der Waals surface area contributed by atoms with Gasteiger partial charge in [0.1, 0.15) is 5.76 Å². The van der Waals surface area contributed by atoms with Gasteiger partial charge in [0.25, 0.3) is 0 Å². The third-order valence-corrected chi connectivity index (χ3v) is 5.11. The average Bonchev–Trinajstić information content (AvgIpc) is 3.27. The van der Waals surface area contributed by atoms with Gasteiger partial charge in [0.15, 0.2) is 0 Å². The van der Waals surface area contributed by atoms with Gasteiger partial charge in [-0.05, 0) is 49.6 Å². The Morgan fingerprint density at radius 3 is 2.56 bits per heavy atom. The monoisotopic (exact) mass is 353 g/mol. The average molecular weight is 353 g/mol. The number of carbonyl (C=O) groups is 1. The van der Waals surface area contributed by atoms with Crippen LogP contribution in [0.4, 0.5) is 0 Å². The molecule has 1 amide bonds. The lowest BCUT2D eigenvalue weighted by atomic mass is 10.1. The fourth-order valence-electron chi connectivity index (χ4n) is 2.83. The third kappa shape index (κ3) is 5.33.